The van der Waals surface area contributed by atoms with Crippen LogP contribution in [0.5, 0.6) is 5.75 Å². The number of alkyl halides is 1. The van der Waals surface area contributed by atoms with Crippen LogP contribution in [0.4, 0.5) is 0 Å². The van der Waals surface area contributed by atoms with E-state index >= 15 is 0 Å². The number of hydrogen-bond acceptors (Lipinski definition) is 5. The van der Waals surface area contributed by atoms with E-state index in [0.717, 1.165) is 24.8 Å². The van der Waals surface area contributed by atoms with Crippen LogP contribution in [0.2, 0.25) is 0 Å². The molecule has 0 saturated heterocycles. The van der Waals surface area contributed by atoms with Gasteiger partial charge in [0.15, 0.2) is 0 Å². The molecule has 6 heteroatoms. The molecule has 1 unspecified atom stereocenters. The molecule has 2 rings (SSSR count). The lowest BCUT2D eigenvalue weighted by Gasteiger charge is -2.22. The van der Waals surface area contributed by atoms with Crippen molar-refractivity contribution in [2.24, 2.45) is 11.8 Å². The number of benzene rings is 1. The maximum Gasteiger partial charge on any atom is 0.306 e. The van der Waals surface area contributed by atoms with E-state index in [1.165, 1.54) is 0 Å². The Balaban J connectivity index is 1.78. The Morgan fingerprint density at radius 2 is 2.03 bits per heavy atom. The van der Waals surface area contributed by atoms with Gasteiger partial charge in [-0.3, -0.25) is 4.79 Å². The van der Waals surface area contributed by atoms with Gasteiger partial charge < -0.3 is 19.7 Å². The molecule has 1 aromatic rings. The summed E-state index contributed by atoms with van der Waals surface area (Å²) < 4.78 is 10.8. The molecule has 2 N–H and O–H groups in total. The first kappa shape index (κ1) is 24.4. The van der Waals surface area contributed by atoms with E-state index in [4.69, 9.17) is 21.1 Å². The van der Waals surface area contributed by atoms with E-state index in [2.05, 4.69) is 18.7 Å². The second-order valence-electron chi connectivity index (χ2n) is 7.77. The minimum Gasteiger partial charge on any atom is -0.493 e. The molecule has 5 nitrogen and oxygen atoms in total. The molecule has 0 aromatic heterocycles. The molecule has 0 aliphatic heterocycles. The lowest BCUT2D eigenvalue weighted by Crippen LogP contribution is -2.27. The summed E-state index contributed by atoms with van der Waals surface area (Å²) in [6.45, 7) is 5.88. The van der Waals surface area contributed by atoms with Crippen LogP contribution in [0.15, 0.2) is 49.1 Å². The molecule has 1 aliphatic carbocycles. The number of hydrogen-bond donors (Lipinski definition) is 2. The largest absolute Gasteiger partial charge is 0.493 e. The molecule has 1 aromatic carbocycles. The SMILES string of the molecule is C=CCOC(=O)CCC/C=C\C[C@@H]1[C@@H](COc2ccc(C(C)O)cc2)[C@H](O)C[C@H]1Cl. The molecule has 0 radical (unpaired) electrons. The van der Waals surface area contributed by atoms with Gasteiger partial charge in [-0.15, -0.1) is 11.6 Å². The van der Waals surface area contributed by atoms with Crippen molar-refractivity contribution in [3.63, 3.8) is 0 Å². The number of ether oxygens (including phenoxy) is 2. The lowest BCUT2D eigenvalue weighted by atomic mass is 9.92. The maximum atomic E-state index is 11.4. The van der Waals surface area contributed by atoms with E-state index in [9.17, 15) is 15.0 Å². The van der Waals surface area contributed by atoms with Gasteiger partial charge in [-0.2, -0.15) is 0 Å². The summed E-state index contributed by atoms with van der Waals surface area (Å²) in [7, 11) is 0. The smallest absolute Gasteiger partial charge is 0.306 e. The normalized spacial score (nSPS) is 24.7. The van der Waals surface area contributed by atoms with Gasteiger partial charge in [0.25, 0.3) is 0 Å². The topological polar surface area (TPSA) is 76.0 Å². The van der Waals surface area contributed by atoms with E-state index < -0.39 is 12.2 Å². The van der Waals surface area contributed by atoms with Gasteiger partial charge in [-0.05, 0) is 56.2 Å². The van der Waals surface area contributed by atoms with Crippen molar-refractivity contribution < 1.29 is 24.5 Å². The van der Waals surface area contributed by atoms with Gasteiger partial charge in [-0.25, -0.2) is 0 Å². The van der Waals surface area contributed by atoms with E-state index in [1.54, 1.807) is 13.0 Å². The number of carbonyl (C=O) groups excluding carboxylic acids is 1. The molecule has 0 amide bonds. The monoisotopic (exact) mass is 436 g/mol. The van der Waals surface area contributed by atoms with Crippen LogP contribution >= 0.6 is 11.6 Å². The fourth-order valence-corrected chi connectivity index (χ4v) is 4.16. The van der Waals surface area contributed by atoms with Crippen LogP contribution in [-0.4, -0.2) is 40.9 Å². The number of rotatable bonds is 12. The fraction of sp³-hybridized carbons (Fsp3) is 0.542. The molecule has 0 heterocycles. The number of esters is 1. The van der Waals surface area contributed by atoms with Crippen LogP contribution < -0.4 is 4.74 Å². The zero-order valence-corrected chi connectivity index (χ0v) is 18.3. The first-order valence-electron chi connectivity index (χ1n) is 10.6. The van der Waals surface area contributed by atoms with Gasteiger partial charge in [0.1, 0.15) is 12.4 Å². The van der Waals surface area contributed by atoms with Crippen molar-refractivity contribution in [1.29, 1.82) is 0 Å². The summed E-state index contributed by atoms with van der Waals surface area (Å²) >= 11 is 6.49. The van der Waals surface area contributed by atoms with Crippen molar-refractivity contribution in [3.8, 4) is 5.75 Å². The summed E-state index contributed by atoms with van der Waals surface area (Å²) in [5.74, 6) is 0.596. The molecule has 1 aliphatic rings. The Morgan fingerprint density at radius 3 is 2.70 bits per heavy atom. The molecule has 5 atom stereocenters. The Hall–Kier alpha value is -1.82. The standard InChI is InChI=1S/C24H33ClO5/c1-3-14-29-24(28)9-7-5-4-6-8-20-21(23(27)15-22(20)25)16-30-19-12-10-18(11-13-19)17(2)26/h3-4,6,10-13,17,20-23,26-27H,1,5,7-9,14-16H2,2H3/b6-4-/t17?,20-,21-,22-,23-/m1/s1. The van der Waals surface area contributed by atoms with Crippen molar-refractivity contribution in [3.05, 3.63) is 54.6 Å². The molecule has 1 fully saturated rings. The average Bonchev–Trinajstić information content (AvgIpc) is 3.00. The zero-order chi connectivity index (χ0) is 21.9. The Labute approximate surface area is 184 Å². The fourth-order valence-electron chi connectivity index (χ4n) is 3.69. The summed E-state index contributed by atoms with van der Waals surface area (Å²) in [6, 6.07) is 7.33. The van der Waals surface area contributed by atoms with Crippen LogP contribution in [0.25, 0.3) is 0 Å². The first-order chi connectivity index (χ1) is 14.4. The van der Waals surface area contributed by atoms with Crippen molar-refractivity contribution in [2.75, 3.05) is 13.2 Å². The molecule has 166 valence electrons. The predicted octanol–water partition coefficient (Wildman–Crippen LogP) is 4.57. The molecular formula is C24H33ClO5. The van der Waals surface area contributed by atoms with Gasteiger partial charge in [0.2, 0.25) is 0 Å². The highest BCUT2D eigenvalue weighted by Gasteiger charge is 2.41. The van der Waals surface area contributed by atoms with Crippen molar-refractivity contribution >= 4 is 17.6 Å². The van der Waals surface area contributed by atoms with Crippen LogP contribution in [-0.2, 0) is 9.53 Å². The summed E-state index contributed by atoms with van der Waals surface area (Å²) in [5, 5.41) is 19.9. The van der Waals surface area contributed by atoms with Crippen molar-refractivity contribution in [2.45, 2.75) is 56.6 Å². The number of aliphatic hydroxyl groups is 2. The molecule has 1 saturated carbocycles. The Kier molecular flexibility index (Phi) is 10.4. The molecular weight excluding hydrogens is 404 g/mol. The minimum atomic E-state index is -0.512. The van der Waals surface area contributed by atoms with E-state index in [-0.39, 0.29) is 29.8 Å². The van der Waals surface area contributed by atoms with E-state index in [0.29, 0.717) is 25.2 Å². The van der Waals surface area contributed by atoms with E-state index in [1.807, 2.05) is 24.3 Å². The molecule has 30 heavy (non-hydrogen) atoms. The second-order valence-corrected chi connectivity index (χ2v) is 8.33. The molecule has 0 spiro atoms. The number of unbranched alkanes of at least 4 members (excludes halogenated alkanes) is 1. The van der Waals surface area contributed by atoms with Crippen molar-refractivity contribution in [1.82, 2.24) is 0 Å². The third-order valence-corrected chi connectivity index (χ3v) is 5.97. The van der Waals surface area contributed by atoms with Gasteiger partial charge >= 0.3 is 5.97 Å². The lowest BCUT2D eigenvalue weighted by molar-refractivity contribution is -0.142. The number of allylic oxidation sites excluding steroid dienone is 2. The number of carbonyl (C=O) groups is 1. The third kappa shape index (κ3) is 7.78. The van der Waals surface area contributed by atoms with Crippen LogP contribution in [0.3, 0.4) is 0 Å². The Morgan fingerprint density at radius 1 is 1.30 bits per heavy atom. The van der Waals surface area contributed by atoms with Gasteiger partial charge in [-0.1, -0.05) is 36.9 Å². The number of aliphatic hydroxyl groups excluding tert-OH is 2. The van der Waals surface area contributed by atoms with Crippen LogP contribution in [0.1, 0.15) is 50.7 Å². The second kappa shape index (κ2) is 12.8. The van der Waals surface area contributed by atoms with Crippen LogP contribution in [0, 0.1) is 11.8 Å². The summed E-state index contributed by atoms with van der Waals surface area (Å²) in [6.07, 6.45) is 7.94. The first-order valence-corrected chi connectivity index (χ1v) is 11.0. The predicted molar refractivity (Wildman–Crippen MR) is 119 cm³/mol. The Bertz CT molecular complexity index is 685. The quantitative estimate of drug-likeness (QED) is 0.217. The van der Waals surface area contributed by atoms with Gasteiger partial charge in [0.05, 0.1) is 18.8 Å². The highest BCUT2D eigenvalue weighted by Crippen LogP contribution is 2.39. The minimum absolute atomic E-state index is 0.0394. The summed E-state index contributed by atoms with van der Waals surface area (Å²) in [5.41, 5.74) is 0.834. The average molecular weight is 437 g/mol. The van der Waals surface area contributed by atoms with Gasteiger partial charge in [0, 0.05) is 17.7 Å². The zero-order valence-electron chi connectivity index (χ0n) is 17.6. The highest BCUT2D eigenvalue weighted by atomic mass is 35.5. The maximum absolute atomic E-state index is 11.4. The molecule has 0 bridgehead atoms. The third-order valence-electron chi connectivity index (χ3n) is 5.47. The highest BCUT2D eigenvalue weighted by molar-refractivity contribution is 6.21. The summed E-state index contributed by atoms with van der Waals surface area (Å²) in [4.78, 5) is 11.4. The number of halogens is 1.